The van der Waals surface area contributed by atoms with Crippen LogP contribution >= 0.6 is 11.6 Å². The number of hydrogen-bond donors (Lipinski definition) is 3. The van der Waals surface area contributed by atoms with E-state index in [1.54, 1.807) is 32.2 Å². The Balaban J connectivity index is 1.22. The Labute approximate surface area is 343 Å². The van der Waals surface area contributed by atoms with Crippen LogP contribution in [0.15, 0.2) is 29.5 Å². The number of esters is 1. The second-order valence-electron chi connectivity index (χ2n) is 20.6. The van der Waals surface area contributed by atoms with Crippen molar-refractivity contribution in [3.63, 3.8) is 0 Å². The molecule has 2 aromatic heterocycles. The summed E-state index contributed by atoms with van der Waals surface area (Å²) in [6.45, 7) is 20.1. The average molecular weight is 806 g/mol. The van der Waals surface area contributed by atoms with E-state index in [1.807, 2.05) is 4.57 Å². The number of fused-ring (bicyclic) bond motifs is 7. The molecule has 0 saturated heterocycles. The predicted octanol–water partition coefficient (Wildman–Crippen LogP) is 8.38. The predicted molar refractivity (Wildman–Crippen MR) is 218 cm³/mol. The largest absolute Gasteiger partial charge is 0.481 e. The van der Waals surface area contributed by atoms with E-state index in [1.165, 1.54) is 0 Å². The first-order valence-electron chi connectivity index (χ1n) is 21.2. The van der Waals surface area contributed by atoms with Crippen molar-refractivity contribution in [2.75, 3.05) is 6.54 Å². The van der Waals surface area contributed by atoms with Crippen LogP contribution in [0.5, 0.6) is 0 Å². The number of aliphatic hydroxyl groups excluding tert-OH is 1. The third kappa shape index (κ3) is 6.25. The van der Waals surface area contributed by atoms with Gasteiger partial charge in [-0.15, -0.1) is 10.2 Å². The number of halogens is 1. The summed E-state index contributed by atoms with van der Waals surface area (Å²) in [4.78, 5) is 43.8. The summed E-state index contributed by atoms with van der Waals surface area (Å²) < 4.78 is 8.06. The number of allylic oxidation sites excluding steroid dienone is 1. The highest BCUT2D eigenvalue weighted by Crippen LogP contribution is 2.77. The van der Waals surface area contributed by atoms with Crippen molar-refractivity contribution < 1.29 is 29.3 Å². The number of carbonyl (C=O) groups excluding carboxylic acids is 2. The molecule has 4 saturated carbocycles. The van der Waals surface area contributed by atoms with Gasteiger partial charge in [0.1, 0.15) is 17.9 Å². The molecule has 5 aliphatic rings. The minimum Gasteiger partial charge on any atom is -0.481 e. The number of carboxylic acid groups (broad SMARTS) is 1. The van der Waals surface area contributed by atoms with Gasteiger partial charge in [-0.05, 0) is 128 Å². The fraction of sp³-hybridized carbons (Fsp3) is 0.733. The number of carbonyl (C=O) groups is 3. The van der Waals surface area contributed by atoms with Crippen LogP contribution in [0.2, 0.25) is 5.02 Å². The smallest absolute Gasteiger partial charge is 0.309 e. The zero-order chi connectivity index (χ0) is 41.7. The van der Waals surface area contributed by atoms with Crippen LogP contribution in [0.25, 0.3) is 11.5 Å². The molecular weight excluding hydrogens is 742 g/mol. The molecule has 0 aliphatic heterocycles. The number of ether oxygens (including phenoxy) is 1. The number of carboxylic acids is 1. The van der Waals surface area contributed by atoms with E-state index in [2.05, 4.69) is 63.6 Å². The highest BCUT2D eigenvalue weighted by Gasteiger charge is 2.71. The molecule has 0 radical (unpaired) electrons. The Morgan fingerprint density at radius 1 is 1.00 bits per heavy atom. The molecule has 4 fully saturated rings. The first-order valence-corrected chi connectivity index (χ1v) is 21.6. The second kappa shape index (κ2) is 14.3. The van der Waals surface area contributed by atoms with Crippen LogP contribution in [0.1, 0.15) is 138 Å². The van der Waals surface area contributed by atoms with Crippen LogP contribution in [0.3, 0.4) is 0 Å². The maximum absolute atomic E-state index is 14.3. The van der Waals surface area contributed by atoms with Gasteiger partial charge < -0.3 is 25.3 Å². The summed E-state index contributed by atoms with van der Waals surface area (Å²) in [6.07, 6.45) is 7.54. The van der Waals surface area contributed by atoms with Crippen LogP contribution < -0.4 is 5.73 Å². The van der Waals surface area contributed by atoms with Crippen LogP contribution in [-0.4, -0.2) is 60.3 Å². The minimum absolute atomic E-state index is 0.00721. The lowest BCUT2D eigenvalue weighted by Crippen LogP contribution is -2.66. The van der Waals surface area contributed by atoms with Crippen molar-refractivity contribution in [3.8, 4) is 11.5 Å². The SMILES string of the molecule is CC(C)C1=C2[C@H]3CC[C@@H]4[C@@]5(C)CC[C@H](OC(=O)CC(C)(C)C(=O)O)C(C)(C)[C@@H]5CC[C@@]4(C)[C@]3(C)CC[C@@]2(C(O)c2nnc(-c3ccc(Cl)cn3)n2CCN)CC1=O. The quantitative estimate of drug-likeness (QED) is 0.198. The minimum atomic E-state index is -1.19. The van der Waals surface area contributed by atoms with E-state index in [0.717, 1.165) is 56.1 Å². The fourth-order valence-corrected chi connectivity index (χ4v) is 13.8. The first kappa shape index (κ1) is 42.0. The standard InChI is InChI=1S/C45H64ClN5O6/c1-25(2)34-29(52)22-45(36(54)38-50-49-37(51(38)21-20-47)28-12-10-26(46)24-48-28)19-18-43(8)27(35(34)45)11-13-31-42(7)16-15-32(57-33(53)23-40(3,4)39(55)56)41(5,6)30(42)14-17-44(31,43)9/h10,12,24-25,27,30-32,36,54H,11,13-23,47H2,1-9H3,(H,55,56)/t27-,30+,31-,32+,36?,42+,43-,44-,45-/m1/s1. The maximum atomic E-state index is 14.3. The molecule has 1 unspecified atom stereocenters. The van der Waals surface area contributed by atoms with Gasteiger partial charge in [0.05, 0.1) is 16.9 Å². The Morgan fingerprint density at radius 3 is 2.35 bits per heavy atom. The molecule has 2 aromatic rings. The molecule has 0 spiro atoms. The van der Waals surface area contributed by atoms with E-state index in [-0.39, 0.29) is 58.2 Å². The van der Waals surface area contributed by atoms with Gasteiger partial charge in [-0.3, -0.25) is 19.4 Å². The molecule has 12 heteroatoms. The number of nitrogens with zero attached hydrogens (tertiary/aromatic N) is 4. The molecular formula is C45H64ClN5O6. The van der Waals surface area contributed by atoms with Gasteiger partial charge in [-0.1, -0.05) is 60.1 Å². The molecule has 0 bridgehead atoms. The first-order chi connectivity index (χ1) is 26.6. The second-order valence-corrected chi connectivity index (χ2v) is 21.1. The number of aromatic nitrogens is 4. The molecule has 11 nitrogen and oxygen atoms in total. The van der Waals surface area contributed by atoms with Crippen LogP contribution in [0.4, 0.5) is 0 Å². The van der Waals surface area contributed by atoms with Crippen molar-refractivity contribution in [1.82, 2.24) is 19.7 Å². The van der Waals surface area contributed by atoms with E-state index >= 15 is 0 Å². The zero-order valence-electron chi connectivity index (χ0n) is 35.5. The normalized spacial score (nSPS) is 35.3. The lowest BCUT2D eigenvalue weighted by Gasteiger charge is -2.72. The van der Waals surface area contributed by atoms with Gasteiger partial charge in [0.15, 0.2) is 17.4 Å². The molecule has 312 valence electrons. The van der Waals surface area contributed by atoms with Gasteiger partial charge in [-0.2, -0.15) is 0 Å². The molecule has 4 N–H and O–H groups in total. The van der Waals surface area contributed by atoms with E-state index in [4.69, 9.17) is 22.1 Å². The summed E-state index contributed by atoms with van der Waals surface area (Å²) >= 11 is 6.16. The van der Waals surface area contributed by atoms with Crippen LogP contribution in [0, 0.1) is 56.2 Å². The highest BCUT2D eigenvalue weighted by atomic mass is 35.5. The van der Waals surface area contributed by atoms with Gasteiger partial charge >= 0.3 is 11.9 Å². The van der Waals surface area contributed by atoms with E-state index in [9.17, 15) is 24.6 Å². The molecule has 0 amide bonds. The van der Waals surface area contributed by atoms with Gasteiger partial charge in [0, 0.05) is 36.5 Å². The van der Waals surface area contributed by atoms with Crippen molar-refractivity contribution in [3.05, 3.63) is 40.3 Å². The summed E-state index contributed by atoms with van der Waals surface area (Å²) in [6, 6.07) is 3.55. The van der Waals surface area contributed by atoms with E-state index < -0.39 is 28.9 Å². The maximum Gasteiger partial charge on any atom is 0.309 e. The number of aliphatic carboxylic acids is 1. The van der Waals surface area contributed by atoms with Crippen LogP contribution in [-0.2, 0) is 25.7 Å². The van der Waals surface area contributed by atoms with Crippen molar-refractivity contribution >= 4 is 29.3 Å². The monoisotopic (exact) mass is 805 g/mol. The number of hydrogen-bond acceptors (Lipinski definition) is 9. The van der Waals surface area contributed by atoms with Gasteiger partial charge in [0.2, 0.25) is 0 Å². The Kier molecular flexibility index (Phi) is 10.5. The van der Waals surface area contributed by atoms with E-state index in [0.29, 0.717) is 53.7 Å². The zero-order valence-corrected chi connectivity index (χ0v) is 36.2. The summed E-state index contributed by atoms with van der Waals surface area (Å²) in [5, 5.41) is 32.1. The number of nitrogens with two attached hydrogens (primary N) is 1. The highest BCUT2D eigenvalue weighted by molar-refractivity contribution is 6.30. The Hall–Kier alpha value is -3.15. The topological polar surface area (TPSA) is 171 Å². The summed E-state index contributed by atoms with van der Waals surface area (Å²) in [5.74, 6) is 0.504. The number of ketones is 1. The third-order valence-corrected chi connectivity index (χ3v) is 16.9. The molecule has 57 heavy (non-hydrogen) atoms. The molecule has 2 heterocycles. The Bertz CT molecular complexity index is 1970. The van der Waals surface area contributed by atoms with Gasteiger partial charge in [-0.25, -0.2) is 0 Å². The van der Waals surface area contributed by atoms with Crippen molar-refractivity contribution in [2.24, 2.45) is 61.9 Å². The lowest BCUT2D eigenvalue weighted by atomic mass is 9.33. The average Bonchev–Trinajstić information content (AvgIpc) is 3.68. The number of rotatable bonds is 10. The number of pyridine rings is 1. The fourth-order valence-electron chi connectivity index (χ4n) is 13.6. The number of aliphatic hydroxyl groups is 1. The number of Topliss-reactive ketones (excluding diaryl/α,β-unsaturated/α-hetero) is 1. The Morgan fingerprint density at radius 2 is 1.72 bits per heavy atom. The molecule has 5 aliphatic carbocycles. The van der Waals surface area contributed by atoms with Crippen molar-refractivity contribution in [1.29, 1.82) is 0 Å². The van der Waals surface area contributed by atoms with Crippen molar-refractivity contribution in [2.45, 2.75) is 145 Å². The molecule has 9 atom stereocenters. The lowest BCUT2D eigenvalue weighted by molar-refractivity contribution is -0.235. The summed E-state index contributed by atoms with van der Waals surface area (Å²) in [7, 11) is 0. The third-order valence-electron chi connectivity index (χ3n) is 16.7. The molecule has 0 aromatic carbocycles. The molecule has 7 rings (SSSR count). The summed E-state index contributed by atoms with van der Waals surface area (Å²) in [5.41, 5.74) is 6.36. The van der Waals surface area contributed by atoms with Gasteiger partial charge in [0.25, 0.3) is 0 Å².